The van der Waals surface area contributed by atoms with Gasteiger partial charge in [-0.3, -0.25) is 0 Å². The summed E-state index contributed by atoms with van der Waals surface area (Å²) in [7, 11) is -6.03. The summed E-state index contributed by atoms with van der Waals surface area (Å²) >= 11 is 0. The van der Waals surface area contributed by atoms with Gasteiger partial charge in [0.25, 0.3) is 0 Å². The van der Waals surface area contributed by atoms with Crippen molar-refractivity contribution >= 4 is 26.5 Å². The van der Waals surface area contributed by atoms with Crippen molar-refractivity contribution in [1.82, 2.24) is 0 Å². The van der Waals surface area contributed by atoms with Crippen LogP contribution in [-0.2, 0) is 42.4 Å². The van der Waals surface area contributed by atoms with E-state index in [9.17, 15) is 8.42 Å². The highest BCUT2D eigenvalue weighted by Crippen LogP contribution is 2.43. The Labute approximate surface area is 330 Å². The first-order chi connectivity index (χ1) is 24.7. The molecule has 1 aromatic carbocycles. The molecule has 4 rings (SSSR count). The molecule has 0 bridgehead atoms. The van der Waals surface area contributed by atoms with Crippen LogP contribution in [0.3, 0.4) is 0 Å². The lowest BCUT2D eigenvalue weighted by Crippen LogP contribution is -2.48. The zero-order chi connectivity index (χ0) is 40.5. The predicted octanol–water partition coefficient (Wildman–Crippen LogP) is 9.33. The topological polar surface area (TPSA) is 98.8 Å². The Kier molecular flexibility index (Phi) is 14.8. The highest BCUT2D eigenvalue weighted by atomic mass is 32.2. The number of hydrogen-bond acceptors (Lipinski definition) is 9. The highest BCUT2D eigenvalue weighted by Gasteiger charge is 2.50. The Bertz CT molecular complexity index is 1480. The fourth-order valence-corrected chi connectivity index (χ4v) is 11.5. The Morgan fingerprint density at radius 3 is 2.11 bits per heavy atom. The SMILES string of the molecule is C=C1C(C[C@@H]2O[C@H](CC3COC(C)(C)O3)[C@H](OC)C2CS(=O)(=O)c2ccccc2)O[C@@H](CCC(CO[Si](C)(C)C(C)(C)C)O[Si](C)(C)C(C)(C)C)C[C@H]1C. The molecule has 3 heterocycles. The number of hydrogen-bond donors (Lipinski definition) is 0. The molecule has 0 aromatic heterocycles. The third-order valence-corrected chi connectivity index (χ3v) is 23.8. The van der Waals surface area contributed by atoms with E-state index in [0.29, 0.717) is 31.0 Å². The Morgan fingerprint density at radius 1 is 0.926 bits per heavy atom. The van der Waals surface area contributed by atoms with E-state index in [4.69, 9.17) is 32.5 Å². The van der Waals surface area contributed by atoms with Crippen LogP contribution < -0.4 is 0 Å². The van der Waals surface area contributed by atoms with Crippen molar-refractivity contribution in [3.63, 3.8) is 0 Å². The molecule has 3 aliphatic heterocycles. The fourth-order valence-electron chi connectivity index (χ4n) is 7.46. The van der Waals surface area contributed by atoms with Crippen LogP contribution in [0.15, 0.2) is 47.4 Å². The summed E-state index contributed by atoms with van der Waals surface area (Å²) in [5.74, 6) is -0.943. The van der Waals surface area contributed by atoms with E-state index in [1.54, 1.807) is 31.4 Å². The number of rotatable bonds is 16. The molecule has 4 unspecified atom stereocenters. The van der Waals surface area contributed by atoms with Crippen molar-refractivity contribution in [3.05, 3.63) is 42.5 Å². The van der Waals surface area contributed by atoms with Gasteiger partial charge in [-0.15, -0.1) is 0 Å². The largest absolute Gasteiger partial charge is 0.414 e. The third kappa shape index (κ3) is 11.6. The average Bonchev–Trinajstić information content (AvgIpc) is 3.56. The van der Waals surface area contributed by atoms with E-state index < -0.39 is 50.4 Å². The summed E-state index contributed by atoms with van der Waals surface area (Å²) in [6.45, 7) is 34.5. The second-order valence-electron chi connectivity index (χ2n) is 19.7. The molecule has 12 heteroatoms. The van der Waals surface area contributed by atoms with Crippen molar-refractivity contribution in [2.24, 2.45) is 11.8 Å². The summed E-state index contributed by atoms with van der Waals surface area (Å²) in [6, 6.07) is 8.65. The first kappa shape index (κ1) is 45.8. The Balaban J connectivity index is 1.53. The van der Waals surface area contributed by atoms with Crippen LogP contribution in [0.5, 0.6) is 0 Å². The van der Waals surface area contributed by atoms with E-state index in [1.165, 1.54) is 0 Å². The van der Waals surface area contributed by atoms with E-state index in [0.717, 1.165) is 24.8 Å². The average molecular weight is 811 g/mol. The molecule has 0 radical (unpaired) electrons. The monoisotopic (exact) mass is 810 g/mol. The summed E-state index contributed by atoms with van der Waals surface area (Å²) < 4.78 is 73.3. The van der Waals surface area contributed by atoms with Gasteiger partial charge in [-0.05, 0) is 93.0 Å². The van der Waals surface area contributed by atoms with Crippen LogP contribution in [0.25, 0.3) is 0 Å². The van der Waals surface area contributed by atoms with Crippen molar-refractivity contribution < 1.29 is 41.0 Å². The van der Waals surface area contributed by atoms with Gasteiger partial charge in [-0.2, -0.15) is 0 Å². The molecule has 9 atom stereocenters. The van der Waals surface area contributed by atoms with Crippen LogP contribution in [0.2, 0.25) is 36.3 Å². The van der Waals surface area contributed by atoms with Gasteiger partial charge in [-0.1, -0.05) is 73.2 Å². The lowest BCUT2D eigenvalue weighted by molar-refractivity contribution is -0.144. The van der Waals surface area contributed by atoms with Gasteiger partial charge in [-0.25, -0.2) is 8.42 Å². The minimum Gasteiger partial charge on any atom is -0.414 e. The van der Waals surface area contributed by atoms with Gasteiger partial charge in [0, 0.05) is 25.9 Å². The predicted molar refractivity (Wildman–Crippen MR) is 222 cm³/mol. The molecule has 310 valence electrons. The molecule has 0 N–H and O–H groups in total. The molecule has 54 heavy (non-hydrogen) atoms. The molecular formula is C42H74O9SSi2. The summed E-state index contributed by atoms with van der Waals surface area (Å²) in [4.78, 5) is 0.301. The molecule has 3 saturated heterocycles. The molecule has 0 amide bonds. The fraction of sp³-hybridized carbons (Fsp3) is 0.810. The minimum absolute atomic E-state index is 0.00193. The Hall–Kier alpha value is -0.936. The number of ether oxygens (including phenoxy) is 5. The number of benzene rings is 1. The van der Waals surface area contributed by atoms with Gasteiger partial charge >= 0.3 is 0 Å². The van der Waals surface area contributed by atoms with Crippen molar-refractivity contribution in [2.45, 2.75) is 184 Å². The lowest BCUT2D eigenvalue weighted by Gasteiger charge is -2.42. The number of methoxy groups -OCH3 is 1. The summed E-state index contributed by atoms with van der Waals surface area (Å²) in [5.41, 5.74) is 1.03. The van der Waals surface area contributed by atoms with Gasteiger partial charge < -0.3 is 32.5 Å². The van der Waals surface area contributed by atoms with Gasteiger partial charge in [0.05, 0.1) is 66.6 Å². The highest BCUT2D eigenvalue weighted by molar-refractivity contribution is 7.91. The second kappa shape index (κ2) is 17.5. The van der Waals surface area contributed by atoms with Gasteiger partial charge in [0.15, 0.2) is 32.3 Å². The maximum atomic E-state index is 13.9. The quantitative estimate of drug-likeness (QED) is 0.120. The van der Waals surface area contributed by atoms with E-state index in [-0.39, 0.29) is 52.3 Å². The minimum atomic E-state index is -3.63. The smallest absolute Gasteiger partial charge is 0.192 e. The summed E-state index contributed by atoms with van der Waals surface area (Å²) in [6.07, 6.45) is 1.87. The van der Waals surface area contributed by atoms with Crippen LogP contribution in [0, 0.1) is 11.8 Å². The first-order valence-corrected chi connectivity index (χ1v) is 27.7. The number of sulfone groups is 1. The molecule has 3 aliphatic rings. The van der Waals surface area contributed by atoms with Gasteiger partial charge in [0.1, 0.15) is 0 Å². The molecule has 0 spiro atoms. The van der Waals surface area contributed by atoms with Crippen LogP contribution in [0.4, 0.5) is 0 Å². The molecule has 0 saturated carbocycles. The molecule has 3 fully saturated rings. The molecule has 0 aliphatic carbocycles. The maximum Gasteiger partial charge on any atom is 0.192 e. The summed E-state index contributed by atoms with van der Waals surface area (Å²) in [5, 5.41) is 0.192. The van der Waals surface area contributed by atoms with Crippen LogP contribution in [0.1, 0.15) is 94.4 Å². The van der Waals surface area contributed by atoms with E-state index in [2.05, 4.69) is 81.2 Å². The molecular weight excluding hydrogens is 737 g/mol. The maximum absolute atomic E-state index is 13.9. The molecule has 9 nitrogen and oxygen atoms in total. The van der Waals surface area contributed by atoms with Crippen molar-refractivity contribution in [1.29, 1.82) is 0 Å². The molecule has 1 aromatic rings. The van der Waals surface area contributed by atoms with E-state index in [1.807, 2.05) is 19.9 Å². The van der Waals surface area contributed by atoms with E-state index >= 15 is 0 Å². The third-order valence-electron chi connectivity index (χ3n) is 12.9. The normalized spacial score (nSPS) is 30.5. The van der Waals surface area contributed by atoms with Crippen LogP contribution in [-0.4, -0.2) is 99.6 Å². The van der Waals surface area contributed by atoms with Crippen molar-refractivity contribution in [2.75, 3.05) is 26.1 Å². The lowest BCUT2D eigenvalue weighted by atomic mass is 9.83. The Morgan fingerprint density at radius 2 is 1.56 bits per heavy atom. The zero-order valence-electron chi connectivity index (χ0n) is 36.0. The zero-order valence-corrected chi connectivity index (χ0v) is 38.8. The van der Waals surface area contributed by atoms with Crippen LogP contribution >= 0.6 is 0 Å². The van der Waals surface area contributed by atoms with Crippen molar-refractivity contribution in [3.8, 4) is 0 Å². The first-order valence-electron chi connectivity index (χ1n) is 20.2. The van der Waals surface area contributed by atoms with Gasteiger partial charge in [0.2, 0.25) is 0 Å². The second-order valence-corrected chi connectivity index (χ2v) is 31.3. The standard InChI is InChI=1S/C42H74O9SSi2/c1-29-23-31(21-22-32(51-54(14,15)41(6,7)8)27-47-53(12,13)40(3,4)5)48-36(30(29)2)25-37-35(28-52(43,44)34-19-17-16-18-20-34)39(45-11)38(49-37)24-33-26-46-42(9,10)50-33/h16-20,29,31-33,35-39H,2,21-28H2,1,3-15H3/t29-,31+,32?,33?,35?,36?,37+,38-,39-/m1/s1.